The van der Waals surface area contributed by atoms with Crippen LogP contribution in [0.25, 0.3) is 144 Å². The molecule has 10 aromatic carbocycles. The van der Waals surface area contributed by atoms with Gasteiger partial charge in [0.05, 0.1) is 44.9 Å². The number of hydrogen-bond acceptors (Lipinski definition) is 8. The summed E-state index contributed by atoms with van der Waals surface area (Å²) in [5.41, 5.74) is 12.9. The summed E-state index contributed by atoms with van der Waals surface area (Å²) in [6.07, 6.45) is 0.137. The Morgan fingerprint density at radius 3 is 1.18 bits per heavy atom. The standard InChI is InChI=1S/2C29H20N3O.2C18H22N.2Ir/c2*1-16-15-22-18(3)17(2)20-13-14-21(27-25(20)26(22)29(30-16)33-27)28-31-23-11-7-8-12-24(23)32(28)19-9-5-4-6-10-19;2*1-13-6-8-15(9-7-13)17-10-14(2)16(12-19-17)11-18(3,4)5;;/h2*4-13,15H,1-3H3;2*6-8,10,12H,11H2,1-5H3;;/q4*-1;;/i2*1D3,3D3;2*1D3,11D2;;. The number of rotatable bonds is 8. The largest absolute Gasteiger partial charge is 0.486 e. The minimum Gasteiger partial charge on any atom is -0.486 e. The van der Waals surface area contributed by atoms with E-state index in [1.54, 1.807) is 62.6 Å². The number of aromatic nitrogens is 8. The van der Waals surface area contributed by atoms with Gasteiger partial charge in [-0.15, -0.1) is 95.1 Å². The van der Waals surface area contributed by atoms with Crippen molar-refractivity contribution in [2.24, 2.45) is 10.8 Å². The van der Waals surface area contributed by atoms with Crippen molar-refractivity contribution in [2.75, 3.05) is 0 Å². The summed E-state index contributed by atoms with van der Waals surface area (Å²) in [6.45, 7) is 4.02. The zero-order valence-corrected chi connectivity index (χ0v) is 64.3. The summed E-state index contributed by atoms with van der Waals surface area (Å²) < 4.78 is 192. The summed E-state index contributed by atoms with van der Waals surface area (Å²) in [5, 5.41) is 4.27. The summed E-state index contributed by atoms with van der Waals surface area (Å²) in [4.78, 5) is 27.3. The van der Waals surface area contributed by atoms with Crippen molar-refractivity contribution in [3.05, 3.63) is 286 Å². The summed E-state index contributed by atoms with van der Waals surface area (Å²) in [5.74, 6) is 1.18. The molecule has 0 atom stereocenters. The first kappa shape index (κ1) is 51.0. The molecule has 2 radical (unpaired) electrons. The summed E-state index contributed by atoms with van der Waals surface area (Å²) in [7, 11) is 0. The van der Waals surface area contributed by atoms with Crippen LogP contribution in [0, 0.1) is 104 Å². The van der Waals surface area contributed by atoms with Gasteiger partial charge >= 0.3 is 0 Å². The van der Waals surface area contributed by atoms with Crippen molar-refractivity contribution < 1.29 is 79.2 Å². The molecule has 0 unspecified atom stereocenters. The first-order valence-electron chi connectivity index (χ1n) is 44.9. The van der Waals surface area contributed by atoms with Gasteiger partial charge in [-0.05, 0) is 195 Å². The van der Waals surface area contributed by atoms with E-state index in [2.05, 4.69) is 44.2 Å². The molecule has 0 spiro atoms. The molecule has 10 nitrogen and oxygen atoms in total. The van der Waals surface area contributed by atoms with E-state index in [9.17, 15) is 0 Å². The van der Waals surface area contributed by atoms with Gasteiger partial charge in [0.2, 0.25) is 11.4 Å². The summed E-state index contributed by atoms with van der Waals surface area (Å²) >= 11 is 0. The fourth-order valence-electron chi connectivity index (χ4n) is 13.3. The van der Waals surface area contributed by atoms with Crippen molar-refractivity contribution in [1.82, 2.24) is 39.0 Å². The molecular weight excluding hydrogens is 1660 g/mol. The van der Waals surface area contributed by atoms with E-state index >= 15 is 0 Å². The number of benzene rings is 10. The van der Waals surface area contributed by atoms with E-state index in [0.717, 1.165) is 44.6 Å². The minimum atomic E-state index is -2.55. The molecule has 0 aliphatic heterocycles. The smallest absolute Gasteiger partial charge is 0.216 e. The fourth-order valence-corrected chi connectivity index (χ4v) is 13.3. The Hall–Kier alpha value is -10.3. The molecule has 0 fully saturated rings. The molecule has 12 heteroatoms. The molecule has 0 saturated heterocycles. The molecule has 0 bridgehead atoms. The third-order valence-electron chi connectivity index (χ3n) is 18.2. The molecule has 534 valence electrons. The predicted molar refractivity (Wildman–Crippen MR) is 429 cm³/mol. The number of nitrogens with zero attached hydrogens (tertiary/aromatic N) is 8. The van der Waals surface area contributed by atoms with Gasteiger partial charge < -0.3 is 27.9 Å². The maximum Gasteiger partial charge on any atom is 0.216 e. The molecule has 0 N–H and O–H groups in total. The molecule has 8 heterocycles. The Bertz CT molecular complexity index is 6750. The third-order valence-corrected chi connectivity index (χ3v) is 18.2. The van der Waals surface area contributed by atoms with Gasteiger partial charge in [-0.3, -0.25) is 9.97 Å². The topological polar surface area (TPSA) is 113 Å². The number of fused-ring (bicyclic) bond motifs is 2. The van der Waals surface area contributed by atoms with Crippen LogP contribution in [0.2, 0.25) is 0 Å². The molecule has 18 aromatic rings. The van der Waals surface area contributed by atoms with Gasteiger partial charge in [-0.1, -0.05) is 172 Å². The van der Waals surface area contributed by atoms with Crippen molar-refractivity contribution >= 4 is 87.7 Å². The van der Waals surface area contributed by atoms with Crippen LogP contribution >= 0.6 is 0 Å². The predicted octanol–water partition coefficient (Wildman–Crippen LogP) is 24.1. The Morgan fingerprint density at radius 1 is 0.415 bits per heavy atom. The van der Waals surface area contributed by atoms with Crippen LogP contribution in [-0.2, 0) is 53.0 Å². The molecule has 8 aromatic heterocycles. The maximum atomic E-state index is 8.39. The first-order valence-corrected chi connectivity index (χ1v) is 33.9. The van der Waals surface area contributed by atoms with Crippen LogP contribution in [0.3, 0.4) is 0 Å². The maximum absolute atomic E-state index is 8.39. The summed E-state index contributed by atoms with van der Waals surface area (Å²) in [6, 6.07) is 67.1. The van der Waals surface area contributed by atoms with E-state index in [4.69, 9.17) is 49.0 Å². The van der Waals surface area contributed by atoms with Crippen molar-refractivity contribution in [3.8, 4) is 56.7 Å². The second-order valence-corrected chi connectivity index (χ2v) is 27.9. The van der Waals surface area contributed by atoms with Gasteiger partial charge in [0, 0.05) is 116 Å². The molecule has 0 aliphatic rings. The van der Waals surface area contributed by atoms with E-state index in [1.165, 1.54) is 24.3 Å². The number of aryl methyl sites for hydroxylation is 10. The van der Waals surface area contributed by atoms with Crippen LogP contribution in [0.4, 0.5) is 0 Å². The second-order valence-electron chi connectivity index (χ2n) is 27.9. The number of furan rings is 2. The Kier molecular flexibility index (Phi) is 14.2. The first-order chi connectivity index (χ1) is 58.7. The van der Waals surface area contributed by atoms with E-state index in [0.29, 0.717) is 122 Å². The quantitative estimate of drug-likeness (QED) is 0.109. The zero-order valence-electron chi connectivity index (χ0n) is 81.5. The molecule has 0 amide bonds. The number of imidazole rings is 2. The molecule has 0 aliphatic carbocycles. The van der Waals surface area contributed by atoms with Crippen LogP contribution in [0.5, 0.6) is 0 Å². The SMILES string of the molecule is [2H]C([2H])([2H])c1c[c-]c(-c2cc(C)c(C([2H])([2H])C(C)(C)C)cn2)cc1.[2H]C([2H])([2H])c1c[c-]c(-c2cc(C)c(C([2H])([2H])C(C)(C)C)cn2)cc1.[2H]C([2H])([2H])c1cc2c(C([2H])([2H])[2H])c(C)c3c[c-]c(-c4nc5ccccc5n4-c4ccccc4)c4oc(n1)c2c34.[2H]C([2H])([2H])c1cc2c(C([2H])([2H])[2H])c(C)c3c[c-]c(-c4nc5ccccc5n4-c4ccccc4)c4oc(n1)c2c34.[Ir].[Ir]. The van der Waals surface area contributed by atoms with Crippen LogP contribution in [0.1, 0.15) is 139 Å². The van der Waals surface area contributed by atoms with Gasteiger partial charge in [0.25, 0.3) is 0 Å². The van der Waals surface area contributed by atoms with Crippen LogP contribution in [0.15, 0.2) is 203 Å². The number of hydrogen-bond donors (Lipinski definition) is 0. The van der Waals surface area contributed by atoms with Crippen molar-refractivity contribution in [3.63, 3.8) is 0 Å². The molecule has 18 rings (SSSR count). The van der Waals surface area contributed by atoms with E-state index in [1.807, 2.05) is 186 Å². The van der Waals surface area contributed by atoms with Gasteiger partial charge in [-0.2, -0.15) is 0 Å². The molecule has 0 saturated carbocycles. The van der Waals surface area contributed by atoms with Gasteiger partial charge in [0.1, 0.15) is 0 Å². The van der Waals surface area contributed by atoms with Crippen LogP contribution in [-0.4, -0.2) is 39.0 Å². The van der Waals surface area contributed by atoms with Gasteiger partial charge in [0.15, 0.2) is 0 Å². The fraction of sp³-hybridized carbons (Fsp3) is 0.213. The van der Waals surface area contributed by atoms with E-state index in [-0.39, 0.29) is 85.3 Å². The zero-order chi connectivity index (χ0) is 91.2. The second kappa shape index (κ2) is 29.6. The van der Waals surface area contributed by atoms with E-state index < -0.39 is 64.7 Å². The average Bonchev–Trinajstić information content (AvgIpc) is 1.53. The Balaban J connectivity index is 0.000000149. The van der Waals surface area contributed by atoms with Crippen LogP contribution < -0.4 is 0 Å². The van der Waals surface area contributed by atoms with Crippen molar-refractivity contribution in [2.45, 2.75) is 123 Å². The molecular formula is C94H84Ir2N8O2-4. The Morgan fingerprint density at radius 2 is 0.821 bits per heavy atom. The minimum absolute atomic E-state index is 0. The Labute approximate surface area is 678 Å². The normalized spacial score (nSPS) is 15.8. The number of pyridine rings is 4. The monoisotopic (exact) mass is 1760 g/mol. The van der Waals surface area contributed by atoms with Gasteiger partial charge in [-0.25, -0.2) is 9.97 Å². The average molecular weight is 1760 g/mol. The third kappa shape index (κ3) is 14.2. The molecule has 106 heavy (non-hydrogen) atoms. The van der Waals surface area contributed by atoms with Crippen molar-refractivity contribution in [1.29, 1.82) is 0 Å². The number of para-hydroxylation sites is 6.